The number of phenols is 1. The summed E-state index contributed by atoms with van der Waals surface area (Å²) < 4.78 is 72.6. The van der Waals surface area contributed by atoms with Gasteiger partial charge in [0.1, 0.15) is 10.6 Å². The first-order valence-electron chi connectivity index (χ1n) is 7.39. The lowest BCUT2D eigenvalue weighted by Crippen LogP contribution is -2.07. The first-order chi connectivity index (χ1) is 12.6. The molecule has 0 atom stereocenters. The van der Waals surface area contributed by atoms with Crippen molar-refractivity contribution in [1.82, 2.24) is 0 Å². The molecule has 0 bridgehead atoms. The molecule has 0 unspecified atom stereocenters. The van der Waals surface area contributed by atoms with Gasteiger partial charge in [0.15, 0.2) is 11.5 Å². The summed E-state index contributed by atoms with van der Waals surface area (Å²) in [5.74, 6) is -2.49. The van der Waals surface area contributed by atoms with Crippen molar-refractivity contribution in [3.63, 3.8) is 0 Å². The largest absolute Gasteiger partial charge is 0.504 e. The van der Waals surface area contributed by atoms with Gasteiger partial charge in [-0.1, -0.05) is 25.5 Å². The minimum atomic E-state index is -9.80. The van der Waals surface area contributed by atoms with E-state index in [1.54, 1.807) is 0 Å². The van der Waals surface area contributed by atoms with Crippen LogP contribution in [0.25, 0.3) is 6.08 Å². The average molecular weight is 424 g/mol. The number of carbonyl (C=O) groups excluding carboxylic acids is 2. The standard InChI is InChI=1S/C17H13F5O5S/c1-11(23)26-16-10-12(2-8-15(16)24)3-9-17(25)27-13-4-6-14(7-5-13)28(18,19,20,21)22/h2-10,24H,1H3/b9-3+. The van der Waals surface area contributed by atoms with E-state index in [-0.39, 0.29) is 29.4 Å². The number of halogens is 5. The van der Waals surface area contributed by atoms with Crippen LogP contribution in [0.1, 0.15) is 12.5 Å². The summed E-state index contributed by atoms with van der Waals surface area (Å²) in [6, 6.07) is 5.29. The topological polar surface area (TPSA) is 72.8 Å². The number of aromatic hydroxyl groups is 1. The SMILES string of the molecule is CC(=O)Oc1cc(/C=C/C(=O)Oc2ccc(S(F)(F)(F)(F)F)cc2)ccc1O. The Kier molecular flexibility index (Phi) is 4.94. The lowest BCUT2D eigenvalue weighted by molar-refractivity contribution is -0.132. The highest BCUT2D eigenvalue weighted by Gasteiger charge is 2.65. The van der Waals surface area contributed by atoms with Crippen LogP contribution >= 0.6 is 10.2 Å². The summed E-state index contributed by atoms with van der Waals surface area (Å²) in [5, 5.41) is 9.55. The maximum atomic E-state index is 12.6. The zero-order valence-corrected chi connectivity index (χ0v) is 14.9. The molecule has 0 spiro atoms. The van der Waals surface area contributed by atoms with E-state index >= 15 is 0 Å². The van der Waals surface area contributed by atoms with Gasteiger partial charge in [0.05, 0.1) is 0 Å². The number of hydrogen-bond acceptors (Lipinski definition) is 5. The van der Waals surface area contributed by atoms with Crippen molar-refractivity contribution >= 4 is 28.2 Å². The summed E-state index contributed by atoms with van der Waals surface area (Å²) in [7, 11) is -9.80. The van der Waals surface area contributed by atoms with E-state index in [9.17, 15) is 34.1 Å². The quantitative estimate of drug-likeness (QED) is 0.293. The van der Waals surface area contributed by atoms with Crippen LogP contribution in [0.5, 0.6) is 17.2 Å². The van der Waals surface area contributed by atoms with Gasteiger partial charge in [0.25, 0.3) is 0 Å². The van der Waals surface area contributed by atoms with E-state index in [4.69, 9.17) is 9.47 Å². The minimum Gasteiger partial charge on any atom is -0.504 e. The smallest absolute Gasteiger partial charge is 0.336 e. The van der Waals surface area contributed by atoms with Gasteiger partial charge < -0.3 is 14.6 Å². The third kappa shape index (κ3) is 5.98. The second kappa shape index (κ2) is 6.51. The van der Waals surface area contributed by atoms with Crippen molar-refractivity contribution in [2.24, 2.45) is 0 Å². The highest BCUT2D eigenvalue weighted by Crippen LogP contribution is 3.02. The summed E-state index contributed by atoms with van der Waals surface area (Å²) in [6.45, 7) is 1.13. The summed E-state index contributed by atoms with van der Waals surface area (Å²) in [4.78, 5) is 20.5. The monoisotopic (exact) mass is 424 g/mol. The number of benzene rings is 2. The maximum Gasteiger partial charge on any atom is 0.336 e. The predicted octanol–water partition coefficient (Wildman–Crippen LogP) is 5.59. The van der Waals surface area contributed by atoms with Gasteiger partial charge in [-0.15, -0.1) is 0 Å². The number of esters is 2. The molecule has 11 heteroatoms. The van der Waals surface area contributed by atoms with Crippen LogP contribution in [0, 0.1) is 0 Å². The fraction of sp³-hybridized carbons (Fsp3) is 0.0588. The average Bonchev–Trinajstić information content (AvgIpc) is 2.53. The second-order valence-electron chi connectivity index (χ2n) is 5.52. The first kappa shape index (κ1) is 21.2. The molecular formula is C17H13F5O5S. The normalized spacial score (nSPS) is 14.2. The molecule has 0 aliphatic heterocycles. The molecule has 0 saturated carbocycles. The van der Waals surface area contributed by atoms with Crippen LogP contribution < -0.4 is 9.47 Å². The van der Waals surface area contributed by atoms with Crippen LogP contribution in [0.3, 0.4) is 0 Å². The number of rotatable bonds is 5. The molecule has 0 saturated heterocycles. The van der Waals surface area contributed by atoms with Gasteiger partial charge >= 0.3 is 22.2 Å². The van der Waals surface area contributed by atoms with Gasteiger partial charge in [-0.25, -0.2) is 4.79 Å². The van der Waals surface area contributed by atoms with Gasteiger partial charge in [-0.3, -0.25) is 4.79 Å². The van der Waals surface area contributed by atoms with Crippen LogP contribution in [0.15, 0.2) is 53.4 Å². The second-order valence-corrected chi connectivity index (χ2v) is 7.92. The van der Waals surface area contributed by atoms with Gasteiger partial charge in [-0.05, 0) is 48.0 Å². The fourth-order valence-electron chi connectivity index (χ4n) is 1.95. The molecule has 2 aromatic carbocycles. The first-order valence-corrected chi connectivity index (χ1v) is 9.35. The van der Waals surface area contributed by atoms with Crippen LogP contribution in [-0.2, 0) is 9.59 Å². The molecule has 0 radical (unpaired) electrons. The molecule has 2 aromatic rings. The van der Waals surface area contributed by atoms with E-state index < -0.39 is 27.1 Å². The Bertz CT molecular complexity index is 953. The van der Waals surface area contributed by atoms with Crippen molar-refractivity contribution in [3.8, 4) is 17.2 Å². The molecule has 28 heavy (non-hydrogen) atoms. The Balaban J connectivity index is 2.09. The molecular weight excluding hydrogens is 411 g/mol. The molecule has 2 rings (SSSR count). The molecule has 1 N–H and O–H groups in total. The summed E-state index contributed by atoms with van der Waals surface area (Å²) in [6.07, 6.45) is 2.13. The van der Waals surface area contributed by atoms with E-state index in [2.05, 4.69) is 0 Å². The molecule has 152 valence electrons. The van der Waals surface area contributed by atoms with Crippen molar-refractivity contribution in [2.45, 2.75) is 11.8 Å². The Morgan fingerprint density at radius 3 is 2.11 bits per heavy atom. The number of hydrogen-bond donors (Lipinski definition) is 1. The van der Waals surface area contributed by atoms with E-state index in [0.29, 0.717) is 17.7 Å². The van der Waals surface area contributed by atoms with Crippen LogP contribution in [0.4, 0.5) is 19.4 Å². The van der Waals surface area contributed by atoms with E-state index in [1.165, 1.54) is 24.3 Å². The van der Waals surface area contributed by atoms with Gasteiger partial charge in [0.2, 0.25) is 0 Å². The maximum absolute atomic E-state index is 12.6. The van der Waals surface area contributed by atoms with E-state index in [1.807, 2.05) is 0 Å². The zero-order valence-electron chi connectivity index (χ0n) is 14.1. The van der Waals surface area contributed by atoms with Crippen molar-refractivity contribution in [3.05, 3.63) is 54.1 Å². The Hall–Kier alpha value is -3.08. The number of carbonyl (C=O) groups is 2. The van der Waals surface area contributed by atoms with E-state index in [0.717, 1.165) is 13.0 Å². The Labute approximate surface area is 155 Å². The Morgan fingerprint density at radius 1 is 0.964 bits per heavy atom. The predicted molar refractivity (Wildman–Crippen MR) is 91.9 cm³/mol. The molecule has 0 aliphatic rings. The molecule has 0 amide bonds. The minimum absolute atomic E-state index is 0.124. The van der Waals surface area contributed by atoms with Crippen LogP contribution in [-0.4, -0.2) is 17.0 Å². The van der Waals surface area contributed by atoms with Crippen molar-refractivity contribution < 1.29 is 43.6 Å². The van der Waals surface area contributed by atoms with Gasteiger partial charge in [-0.2, -0.15) is 0 Å². The number of ether oxygens (including phenoxy) is 2. The van der Waals surface area contributed by atoms with Crippen molar-refractivity contribution in [1.29, 1.82) is 0 Å². The Morgan fingerprint density at radius 2 is 1.57 bits per heavy atom. The molecule has 5 nitrogen and oxygen atoms in total. The zero-order chi connectivity index (χ0) is 21.2. The van der Waals surface area contributed by atoms with Crippen molar-refractivity contribution in [2.75, 3.05) is 0 Å². The lowest BCUT2D eigenvalue weighted by Gasteiger charge is -2.40. The summed E-state index contributed by atoms with van der Waals surface area (Å²) in [5.41, 5.74) is 0.335. The summed E-state index contributed by atoms with van der Waals surface area (Å²) >= 11 is 0. The fourth-order valence-corrected chi connectivity index (χ4v) is 2.60. The molecule has 0 fully saturated rings. The molecule has 0 aliphatic carbocycles. The highest BCUT2D eigenvalue weighted by atomic mass is 32.5. The van der Waals surface area contributed by atoms with Gasteiger partial charge in [0, 0.05) is 13.0 Å². The third-order valence-electron chi connectivity index (χ3n) is 3.14. The highest BCUT2D eigenvalue weighted by molar-refractivity contribution is 8.45. The number of phenolic OH excluding ortho intramolecular Hbond substituents is 1. The molecule has 0 heterocycles. The third-order valence-corrected chi connectivity index (χ3v) is 4.30. The molecule has 0 aromatic heterocycles. The van der Waals surface area contributed by atoms with Crippen LogP contribution in [0.2, 0.25) is 0 Å². The lowest BCUT2D eigenvalue weighted by atomic mass is 10.2.